The summed E-state index contributed by atoms with van der Waals surface area (Å²) < 4.78 is 5.73. The molecular formula is C12H13ClN2O. The Balaban J connectivity index is 2.08. The Kier molecular flexibility index (Phi) is 3.63. The van der Waals surface area contributed by atoms with Crippen molar-refractivity contribution in [3.8, 4) is 11.9 Å². The zero-order valence-corrected chi connectivity index (χ0v) is 9.70. The first-order valence-electron chi connectivity index (χ1n) is 5.52. The number of hydrogen-bond donors (Lipinski definition) is 0. The Labute approximate surface area is 100 Å². The van der Waals surface area contributed by atoms with E-state index in [0.717, 1.165) is 12.8 Å². The Morgan fingerprint density at radius 1 is 1.31 bits per heavy atom. The molecule has 1 aliphatic carbocycles. The van der Waals surface area contributed by atoms with Gasteiger partial charge in [-0.1, -0.05) is 18.0 Å². The van der Waals surface area contributed by atoms with Crippen molar-refractivity contribution in [3.05, 3.63) is 22.8 Å². The van der Waals surface area contributed by atoms with Crippen molar-refractivity contribution in [2.24, 2.45) is 0 Å². The van der Waals surface area contributed by atoms with E-state index < -0.39 is 0 Å². The molecule has 1 aromatic rings. The van der Waals surface area contributed by atoms with Crippen LogP contribution in [0.1, 0.15) is 37.7 Å². The molecule has 0 radical (unpaired) electrons. The lowest BCUT2D eigenvalue weighted by Gasteiger charge is -2.22. The average molecular weight is 237 g/mol. The van der Waals surface area contributed by atoms with Crippen molar-refractivity contribution in [2.75, 3.05) is 0 Å². The van der Waals surface area contributed by atoms with Gasteiger partial charge in [-0.3, -0.25) is 0 Å². The van der Waals surface area contributed by atoms with Crippen LogP contribution in [0.4, 0.5) is 0 Å². The first kappa shape index (κ1) is 11.2. The van der Waals surface area contributed by atoms with Gasteiger partial charge in [0.25, 0.3) is 0 Å². The molecular weight excluding hydrogens is 224 g/mol. The van der Waals surface area contributed by atoms with Gasteiger partial charge >= 0.3 is 0 Å². The van der Waals surface area contributed by atoms with E-state index in [0.29, 0.717) is 16.6 Å². The summed E-state index contributed by atoms with van der Waals surface area (Å²) in [6.07, 6.45) is 6.05. The molecule has 1 saturated carbocycles. The average Bonchev–Trinajstić information content (AvgIpc) is 2.29. The number of nitrogens with zero attached hydrogens (tertiary/aromatic N) is 2. The Bertz CT molecular complexity index is 408. The molecule has 0 atom stereocenters. The molecule has 0 spiro atoms. The molecule has 2 rings (SSSR count). The lowest BCUT2D eigenvalue weighted by Crippen LogP contribution is -2.20. The highest BCUT2D eigenvalue weighted by Gasteiger charge is 2.15. The zero-order chi connectivity index (χ0) is 11.4. The van der Waals surface area contributed by atoms with E-state index in [9.17, 15) is 0 Å². The van der Waals surface area contributed by atoms with Crippen molar-refractivity contribution in [2.45, 2.75) is 38.2 Å². The Morgan fingerprint density at radius 3 is 2.75 bits per heavy atom. The van der Waals surface area contributed by atoms with Crippen LogP contribution in [0.25, 0.3) is 0 Å². The van der Waals surface area contributed by atoms with Gasteiger partial charge in [-0.15, -0.1) is 0 Å². The van der Waals surface area contributed by atoms with E-state index in [-0.39, 0.29) is 6.10 Å². The third-order valence-corrected chi connectivity index (χ3v) is 2.93. The number of ether oxygens (including phenoxy) is 1. The number of nitriles is 1. The Morgan fingerprint density at radius 2 is 2.06 bits per heavy atom. The van der Waals surface area contributed by atoms with Gasteiger partial charge in [-0.05, 0) is 31.7 Å². The lowest BCUT2D eigenvalue weighted by molar-refractivity contribution is 0.148. The van der Waals surface area contributed by atoms with Crippen molar-refractivity contribution < 1.29 is 4.74 Å². The highest BCUT2D eigenvalue weighted by Crippen LogP contribution is 2.23. The number of pyridine rings is 1. The summed E-state index contributed by atoms with van der Waals surface area (Å²) in [4.78, 5) is 4.07. The molecule has 0 saturated heterocycles. The maximum atomic E-state index is 8.80. The molecule has 16 heavy (non-hydrogen) atoms. The fourth-order valence-corrected chi connectivity index (χ4v) is 2.15. The minimum atomic E-state index is 0.228. The summed E-state index contributed by atoms with van der Waals surface area (Å²) in [5, 5.41) is 9.11. The van der Waals surface area contributed by atoms with E-state index in [2.05, 4.69) is 4.98 Å². The SMILES string of the molecule is N#Cc1cc(Cl)nc(OC2CCCCC2)c1. The second-order valence-corrected chi connectivity index (χ2v) is 4.39. The highest BCUT2D eigenvalue weighted by molar-refractivity contribution is 6.29. The topological polar surface area (TPSA) is 45.9 Å². The minimum Gasteiger partial charge on any atom is -0.474 e. The summed E-state index contributed by atoms with van der Waals surface area (Å²) in [7, 11) is 0. The maximum absolute atomic E-state index is 8.80. The van der Waals surface area contributed by atoms with Crippen LogP contribution in [0, 0.1) is 11.3 Å². The summed E-state index contributed by atoms with van der Waals surface area (Å²) in [5.41, 5.74) is 0.491. The van der Waals surface area contributed by atoms with Crippen LogP contribution in [0.2, 0.25) is 5.15 Å². The van der Waals surface area contributed by atoms with Crippen LogP contribution < -0.4 is 4.74 Å². The molecule has 0 unspecified atom stereocenters. The summed E-state index contributed by atoms with van der Waals surface area (Å²) in [6.45, 7) is 0. The van der Waals surface area contributed by atoms with E-state index in [1.165, 1.54) is 25.3 Å². The quantitative estimate of drug-likeness (QED) is 0.740. The molecule has 84 valence electrons. The first-order valence-corrected chi connectivity index (χ1v) is 5.90. The third-order valence-electron chi connectivity index (χ3n) is 2.74. The molecule has 3 nitrogen and oxygen atoms in total. The molecule has 0 N–H and O–H groups in total. The van der Waals surface area contributed by atoms with E-state index in [1.807, 2.05) is 6.07 Å². The van der Waals surface area contributed by atoms with Gasteiger partial charge in [0.15, 0.2) is 0 Å². The second kappa shape index (κ2) is 5.18. The fraction of sp³-hybridized carbons (Fsp3) is 0.500. The van der Waals surface area contributed by atoms with Gasteiger partial charge in [-0.2, -0.15) is 5.26 Å². The minimum absolute atomic E-state index is 0.228. The first-order chi connectivity index (χ1) is 7.78. The molecule has 0 bridgehead atoms. The Hall–Kier alpha value is -1.27. The smallest absolute Gasteiger partial charge is 0.216 e. The third kappa shape index (κ3) is 2.86. The van der Waals surface area contributed by atoms with E-state index >= 15 is 0 Å². The molecule has 1 aromatic heterocycles. The molecule has 1 fully saturated rings. The van der Waals surface area contributed by atoms with Crippen LogP contribution in [-0.2, 0) is 0 Å². The van der Waals surface area contributed by atoms with Crippen molar-refractivity contribution in [3.63, 3.8) is 0 Å². The predicted octanol–water partition coefficient (Wildman–Crippen LogP) is 3.32. The number of aromatic nitrogens is 1. The molecule has 1 aliphatic rings. The van der Waals surface area contributed by atoms with Gasteiger partial charge in [0.2, 0.25) is 5.88 Å². The van der Waals surface area contributed by atoms with Gasteiger partial charge in [0, 0.05) is 6.07 Å². The van der Waals surface area contributed by atoms with E-state index in [4.69, 9.17) is 21.6 Å². The standard InChI is InChI=1S/C12H13ClN2O/c13-11-6-9(8-14)7-12(15-11)16-10-4-2-1-3-5-10/h6-7,10H,1-5H2. The largest absolute Gasteiger partial charge is 0.474 e. The number of rotatable bonds is 2. The molecule has 0 aliphatic heterocycles. The monoisotopic (exact) mass is 236 g/mol. The van der Waals surface area contributed by atoms with Crippen LogP contribution in [0.15, 0.2) is 12.1 Å². The van der Waals surface area contributed by atoms with Gasteiger partial charge in [0.1, 0.15) is 11.3 Å². The molecule has 0 amide bonds. The van der Waals surface area contributed by atoms with Gasteiger partial charge in [-0.25, -0.2) is 4.98 Å². The van der Waals surface area contributed by atoms with Crippen LogP contribution >= 0.6 is 11.6 Å². The fourth-order valence-electron chi connectivity index (χ4n) is 1.95. The van der Waals surface area contributed by atoms with Crippen LogP contribution in [0.5, 0.6) is 5.88 Å². The predicted molar refractivity (Wildman–Crippen MR) is 61.5 cm³/mol. The van der Waals surface area contributed by atoms with Crippen LogP contribution in [-0.4, -0.2) is 11.1 Å². The molecule has 4 heteroatoms. The van der Waals surface area contributed by atoms with Gasteiger partial charge in [0.05, 0.1) is 11.6 Å². The maximum Gasteiger partial charge on any atom is 0.216 e. The van der Waals surface area contributed by atoms with Crippen LogP contribution in [0.3, 0.4) is 0 Å². The second-order valence-electron chi connectivity index (χ2n) is 4.01. The van der Waals surface area contributed by atoms with Crippen molar-refractivity contribution >= 4 is 11.6 Å². The van der Waals surface area contributed by atoms with Crippen molar-refractivity contribution in [1.82, 2.24) is 4.98 Å². The van der Waals surface area contributed by atoms with Crippen molar-refractivity contribution in [1.29, 1.82) is 5.26 Å². The van der Waals surface area contributed by atoms with Gasteiger partial charge < -0.3 is 4.74 Å². The molecule has 1 heterocycles. The molecule has 0 aromatic carbocycles. The lowest BCUT2D eigenvalue weighted by atomic mass is 9.98. The number of halogens is 1. The normalized spacial score (nSPS) is 16.8. The number of hydrogen-bond acceptors (Lipinski definition) is 3. The summed E-state index contributed by atoms with van der Waals surface area (Å²) >= 11 is 5.80. The van der Waals surface area contributed by atoms with E-state index in [1.54, 1.807) is 6.07 Å². The highest BCUT2D eigenvalue weighted by atomic mass is 35.5. The summed E-state index contributed by atoms with van der Waals surface area (Å²) in [6, 6.07) is 5.22. The summed E-state index contributed by atoms with van der Waals surface area (Å²) in [5.74, 6) is 0.468. The zero-order valence-electron chi connectivity index (χ0n) is 8.95.